The molecule has 3 aromatic heterocycles. The van der Waals surface area contributed by atoms with E-state index < -0.39 is 5.97 Å². The first kappa shape index (κ1) is 23.9. The van der Waals surface area contributed by atoms with E-state index >= 15 is 0 Å². The van der Waals surface area contributed by atoms with Gasteiger partial charge in [-0.2, -0.15) is 0 Å². The molecule has 7 nitrogen and oxygen atoms in total. The van der Waals surface area contributed by atoms with Gasteiger partial charge in [0, 0.05) is 41.5 Å². The zero-order chi connectivity index (χ0) is 25.4. The Morgan fingerprint density at radius 3 is 2.39 bits per heavy atom. The first-order valence-corrected chi connectivity index (χ1v) is 12.6. The summed E-state index contributed by atoms with van der Waals surface area (Å²) >= 11 is 0. The average Bonchev–Trinajstić information content (AvgIpc) is 3.49. The van der Waals surface area contributed by atoms with E-state index in [1.54, 1.807) is 4.90 Å². The summed E-state index contributed by atoms with van der Waals surface area (Å²) in [5.74, 6) is -0.127. The third-order valence-corrected chi connectivity index (χ3v) is 7.11. The standard InChI is InChI=1S/C29H31N3O4/c1-18(2)32(27(33)22-9-7-19(3)8-10-22)28-23(29(34)35)16-25(36-28)21-13-11-20(12-14-21)24-17-31-15-5-4-6-26(31)30-24/h4-6,11-19,22H,7-10H2,1-3H3,(H,34,35)/t19-,22-. The summed E-state index contributed by atoms with van der Waals surface area (Å²) < 4.78 is 8.08. The molecule has 186 valence electrons. The fourth-order valence-electron chi connectivity index (χ4n) is 5.03. The molecule has 36 heavy (non-hydrogen) atoms. The summed E-state index contributed by atoms with van der Waals surface area (Å²) in [6.07, 6.45) is 7.59. The predicted octanol–water partition coefficient (Wildman–Crippen LogP) is 6.53. The van der Waals surface area contributed by atoms with Gasteiger partial charge < -0.3 is 13.9 Å². The molecule has 7 heteroatoms. The van der Waals surface area contributed by atoms with E-state index in [0.717, 1.165) is 48.2 Å². The lowest BCUT2D eigenvalue weighted by Gasteiger charge is -2.32. The lowest BCUT2D eigenvalue weighted by atomic mass is 9.82. The van der Waals surface area contributed by atoms with Crippen molar-refractivity contribution < 1.29 is 19.1 Å². The highest BCUT2D eigenvalue weighted by Gasteiger charge is 2.34. The van der Waals surface area contributed by atoms with Crippen molar-refractivity contribution in [3.05, 3.63) is 66.5 Å². The van der Waals surface area contributed by atoms with Gasteiger partial charge in [-0.1, -0.05) is 37.3 Å². The van der Waals surface area contributed by atoms with Gasteiger partial charge in [-0.15, -0.1) is 0 Å². The summed E-state index contributed by atoms with van der Waals surface area (Å²) in [6.45, 7) is 5.99. The molecule has 4 aromatic rings. The Bertz CT molecular complexity index is 1360. The van der Waals surface area contributed by atoms with Crippen LogP contribution in [0, 0.1) is 11.8 Å². The number of aromatic carboxylic acids is 1. The molecule has 0 aliphatic heterocycles. The molecule has 1 aliphatic carbocycles. The van der Waals surface area contributed by atoms with Gasteiger partial charge in [-0.25, -0.2) is 9.78 Å². The van der Waals surface area contributed by atoms with Crippen molar-refractivity contribution in [2.24, 2.45) is 11.8 Å². The van der Waals surface area contributed by atoms with E-state index in [-0.39, 0.29) is 29.3 Å². The normalized spacial score (nSPS) is 18.0. The lowest BCUT2D eigenvalue weighted by Crippen LogP contribution is -2.42. The third-order valence-electron chi connectivity index (χ3n) is 7.11. The Balaban J connectivity index is 1.46. The molecule has 1 aliphatic rings. The van der Waals surface area contributed by atoms with Crippen LogP contribution in [0.3, 0.4) is 0 Å². The Morgan fingerprint density at radius 1 is 1.06 bits per heavy atom. The topological polar surface area (TPSA) is 88.1 Å². The highest BCUT2D eigenvalue weighted by Crippen LogP contribution is 2.37. The molecule has 5 rings (SSSR count). The zero-order valence-electron chi connectivity index (χ0n) is 20.8. The number of hydrogen-bond donors (Lipinski definition) is 1. The number of carbonyl (C=O) groups excluding carboxylic acids is 1. The Labute approximate surface area is 210 Å². The minimum Gasteiger partial charge on any atom is -0.477 e. The van der Waals surface area contributed by atoms with Crippen LogP contribution in [0.1, 0.15) is 56.8 Å². The fraction of sp³-hybridized carbons (Fsp3) is 0.345. The van der Waals surface area contributed by atoms with Gasteiger partial charge in [-0.3, -0.25) is 9.69 Å². The largest absolute Gasteiger partial charge is 0.477 e. The molecule has 0 bridgehead atoms. The van der Waals surface area contributed by atoms with E-state index in [1.807, 2.05) is 73.1 Å². The van der Waals surface area contributed by atoms with Crippen LogP contribution < -0.4 is 4.90 Å². The maximum Gasteiger partial charge on any atom is 0.341 e. The van der Waals surface area contributed by atoms with Gasteiger partial charge in [0.25, 0.3) is 0 Å². The van der Waals surface area contributed by atoms with Crippen LogP contribution in [-0.2, 0) is 4.79 Å². The average molecular weight is 486 g/mol. The smallest absolute Gasteiger partial charge is 0.341 e. The predicted molar refractivity (Wildman–Crippen MR) is 139 cm³/mol. The molecule has 0 radical (unpaired) electrons. The maximum atomic E-state index is 13.5. The Hall–Kier alpha value is -3.87. The second kappa shape index (κ2) is 9.64. The van der Waals surface area contributed by atoms with Crippen molar-refractivity contribution in [2.75, 3.05) is 4.90 Å². The SMILES string of the molecule is CC(C)N(c1oc(-c2ccc(-c3cn4ccccc4n3)cc2)cc1C(=O)O)C(=O)[C@H]1CC[C@H](C)CC1. The lowest BCUT2D eigenvalue weighted by molar-refractivity contribution is -0.124. The van der Waals surface area contributed by atoms with Crippen molar-refractivity contribution in [1.82, 2.24) is 9.38 Å². The monoisotopic (exact) mass is 485 g/mol. The van der Waals surface area contributed by atoms with Gasteiger partial charge in [0.15, 0.2) is 0 Å². The minimum absolute atomic E-state index is 0.000606. The molecule has 0 unspecified atom stereocenters. The van der Waals surface area contributed by atoms with Crippen molar-refractivity contribution in [2.45, 2.75) is 52.5 Å². The number of imidazole rings is 1. The number of pyridine rings is 1. The van der Waals surface area contributed by atoms with Crippen LogP contribution in [0.4, 0.5) is 5.88 Å². The molecule has 1 N–H and O–H groups in total. The van der Waals surface area contributed by atoms with Crippen LogP contribution in [0.25, 0.3) is 28.2 Å². The van der Waals surface area contributed by atoms with Gasteiger partial charge in [0.05, 0.1) is 5.69 Å². The number of aromatic nitrogens is 2. The molecule has 0 saturated heterocycles. The highest BCUT2D eigenvalue weighted by molar-refractivity contribution is 6.02. The van der Waals surface area contributed by atoms with Crippen molar-refractivity contribution in [3.63, 3.8) is 0 Å². The number of carboxylic acid groups (broad SMARTS) is 1. The molecule has 0 atom stereocenters. The van der Waals surface area contributed by atoms with Crippen LogP contribution in [0.15, 0.2) is 65.3 Å². The summed E-state index contributed by atoms with van der Waals surface area (Å²) in [6, 6.07) is 14.8. The third kappa shape index (κ3) is 4.53. The van der Waals surface area contributed by atoms with Crippen LogP contribution >= 0.6 is 0 Å². The first-order chi connectivity index (χ1) is 17.3. The quantitative estimate of drug-likeness (QED) is 0.336. The van der Waals surface area contributed by atoms with Crippen LogP contribution in [0.2, 0.25) is 0 Å². The van der Waals surface area contributed by atoms with Gasteiger partial charge in [0.1, 0.15) is 17.0 Å². The summed E-state index contributed by atoms with van der Waals surface area (Å²) in [7, 11) is 0. The molecule has 1 saturated carbocycles. The number of nitrogens with zero attached hydrogens (tertiary/aromatic N) is 3. The Morgan fingerprint density at radius 2 is 1.75 bits per heavy atom. The van der Waals surface area contributed by atoms with E-state index in [0.29, 0.717) is 11.7 Å². The number of hydrogen-bond acceptors (Lipinski definition) is 4. The highest BCUT2D eigenvalue weighted by atomic mass is 16.4. The van der Waals surface area contributed by atoms with Gasteiger partial charge in [0.2, 0.25) is 11.8 Å². The number of benzene rings is 1. The number of rotatable bonds is 6. The molecule has 1 fully saturated rings. The van der Waals surface area contributed by atoms with E-state index in [9.17, 15) is 14.7 Å². The van der Waals surface area contributed by atoms with E-state index in [2.05, 4.69) is 11.9 Å². The number of amides is 1. The number of anilines is 1. The number of fused-ring (bicyclic) bond motifs is 1. The van der Waals surface area contributed by atoms with E-state index in [1.165, 1.54) is 6.07 Å². The molecule has 3 heterocycles. The van der Waals surface area contributed by atoms with Crippen LogP contribution in [-0.4, -0.2) is 32.4 Å². The van der Waals surface area contributed by atoms with Crippen molar-refractivity contribution in [3.8, 4) is 22.6 Å². The second-order valence-corrected chi connectivity index (χ2v) is 10.1. The first-order valence-electron chi connectivity index (χ1n) is 12.6. The second-order valence-electron chi connectivity index (χ2n) is 10.1. The Kier molecular flexibility index (Phi) is 6.39. The summed E-state index contributed by atoms with van der Waals surface area (Å²) in [4.78, 5) is 31.9. The van der Waals surface area contributed by atoms with Crippen LogP contribution in [0.5, 0.6) is 0 Å². The molecule has 0 spiro atoms. The zero-order valence-corrected chi connectivity index (χ0v) is 20.8. The maximum absolute atomic E-state index is 13.5. The van der Waals surface area contributed by atoms with Gasteiger partial charge in [-0.05, 0) is 57.6 Å². The van der Waals surface area contributed by atoms with E-state index in [4.69, 9.17) is 4.42 Å². The van der Waals surface area contributed by atoms with Crippen molar-refractivity contribution in [1.29, 1.82) is 0 Å². The molecular weight excluding hydrogens is 454 g/mol. The minimum atomic E-state index is -1.11. The van der Waals surface area contributed by atoms with Gasteiger partial charge >= 0.3 is 5.97 Å². The summed E-state index contributed by atoms with van der Waals surface area (Å²) in [5.41, 5.74) is 3.39. The number of furan rings is 1. The number of carbonyl (C=O) groups is 2. The molecule has 1 aromatic carbocycles. The molecule has 1 amide bonds. The van der Waals surface area contributed by atoms with Crippen molar-refractivity contribution >= 4 is 23.4 Å². The molecular formula is C29H31N3O4. The summed E-state index contributed by atoms with van der Waals surface area (Å²) in [5, 5.41) is 9.94. The fourth-order valence-corrected chi connectivity index (χ4v) is 5.03. The number of carboxylic acids is 1.